The van der Waals surface area contributed by atoms with Crippen LogP contribution in [-0.4, -0.2) is 31.8 Å². The lowest BCUT2D eigenvalue weighted by Gasteiger charge is -2.14. The van der Waals surface area contributed by atoms with Crippen molar-refractivity contribution in [1.82, 2.24) is 19.4 Å². The van der Waals surface area contributed by atoms with Crippen LogP contribution in [0.4, 0.5) is 0 Å². The molecule has 0 fully saturated rings. The highest BCUT2D eigenvalue weighted by molar-refractivity contribution is 8.00. The summed E-state index contributed by atoms with van der Waals surface area (Å²) in [5.74, 6) is 0.119. The number of aryl methyl sites for hydroxylation is 2. The molecule has 0 aliphatic carbocycles. The number of carbonyl (C=O) groups excluding carboxylic acids is 1. The third-order valence-corrected chi connectivity index (χ3v) is 4.97. The van der Waals surface area contributed by atoms with Crippen molar-refractivity contribution in [1.29, 1.82) is 0 Å². The van der Waals surface area contributed by atoms with Gasteiger partial charge in [0.1, 0.15) is 5.65 Å². The molecule has 0 unspecified atom stereocenters. The summed E-state index contributed by atoms with van der Waals surface area (Å²) in [6, 6.07) is 0.0612. The van der Waals surface area contributed by atoms with Crippen LogP contribution in [-0.2, 0) is 25.3 Å². The zero-order valence-electron chi connectivity index (χ0n) is 15.3. The van der Waals surface area contributed by atoms with E-state index in [2.05, 4.69) is 10.3 Å². The molecule has 2 aromatic rings. The minimum atomic E-state index is -0.415. The number of amides is 1. The Kier molecular flexibility index (Phi) is 6.05. The molecule has 1 N–H and O–H groups in total. The Hall–Kier alpha value is -2.09. The molecule has 0 bridgehead atoms. The predicted octanol–water partition coefficient (Wildman–Crippen LogP) is 1.20. The molecular formula is C17H24N4O3S. The van der Waals surface area contributed by atoms with Crippen LogP contribution in [0.1, 0.15) is 32.8 Å². The highest BCUT2D eigenvalue weighted by Gasteiger charge is 2.18. The maximum absolute atomic E-state index is 12.7. The van der Waals surface area contributed by atoms with Gasteiger partial charge in [-0.15, -0.1) is 11.8 Å². The highest BCUT2D eigenvalue weighted by atomic mass is 32.2. The quantitative estimate of drug-likeness (QED) is 0.779. The predicted molar refractivity (Wildman–Crippen MR) is 100 cm³/mol. The third-order valence-electron chi connectivity index (χ3n) is 3.81. The number of thioether (sulfide) groups is 1. The van der Waals surface area contributed by atoms with Crippen LogP contribution in [0.2, 0.25) is 0 Å². The lowest BCUT2D eigenvalue weighted by atomic mass is 10.1. The van der Waals surface area contributed by atoms with Crippen LogP contribution in [0, 0.1) is 0 Å². The van der Waals surface area contributed by atoms with Crippen molar-refractivity contribution in [3.05, 3.63) is 32.6 Å². The Morgan fingerprint density at radius 1 is 1.28 bits per heavy atom. The fraction of sp³-hybridized carbons (Fsp3) is 0.529. The van der Waals surface area contributed by atoms with Gasteiger partial charge in [0.15, 0.2) is 0 Å². The van der Waals surface area contributed by atoms with Gasteiger partial charge in [-0.1, -0.05) is 13.3 Å². The standard InChI is InChI=1S/C17H24N4O3S/c1-6-7-11-8-18-15-13(16(23)21(5)17(24)20(15)4)14(11)25-9-12(22)19-10(2)3/h8,10H,6-7,9H2,1-5H3,(H,19,22). The smallest absolute Gasteiger partial charge is 0.332 e. The largest absolute Gasteiger partial charge is 0.353 e. The average molecular weight is 364 g/mol. The maximum Gasteiger partial charge on any atom is 0.332 e. The second kappa shape index (κ2) is 7.86. The molecule has 0 saturated heterocycles. The number of nitrogens with zero attached hydrogens (tertiary/aromatic N) is 3. The first-order valence-corrected chi connectivity index (χ1v) is 9.26. The first-order valence-electron chi connectivity index (χ1n) is 8.27. The summed E-state index contributed by atoms with van der Waals surface area (Å²) in [4.78, 5) is 41.9. The van der Waals surface area contributed by atoms with Crippen LogP contribution < -0.4 is 16.6 Å². The Labute approximate surface area is 150 Å². The van der Waals surface area contributed by atoms with Crippen molar-refractivity contribution in [2.75, 3.05) is 5.75 Å². The van der Waals surface area contributed by atoms with Gasteiger partial charge < -0.3 is 5.32 Å². The number of carbonyl (C=O) groups is 1. The Morgan fingerprint density at radius 2 is 1.96 bits per heavy atom. The normalized spacial score (nSPS) is 11.3. The molecule has 8 heteroatoms. The van der Waals surface area contributed by atoms with Crippen molar-refractivity contribution in [2.45, 2.75) is 44.6 Å². The number of hydrogen-bond donors (Lipinski definition) is 1. The minimum Gasteiger partial charge on any atom is -0.353 e. The zero-order chi connectivity index (χ0) is 18.7. The van der Waals surface area contributed by atoms with E-state index in [0.717, 1.165) is 27.9 Å². The molecule has 0 radical (unpaired) electrons. The molecule has 2 aromatic heterocycles. The van der Waals surface area contributed by atoms with E-state index in [-0.39, 0.29) is 23.3 Å². The van der Waals surface area contributed by atoms with E-state index < -0.39 is 5.69 Å². The second-order valence-electron chi connectivity index (χ2n) is 6.28. The zero-order valence-corrected chi connectivity index (χ0v) is 16.1. The van der Waals surface area contributed by atoms with Gasteiger partial charge in [0, 0.05) is 31.2 Å². The number of pyridine rings is 1. The molecule has 2 rings (SSSR count). The van der Waals surface area contributed by atoms with Crippen LogP contribution in [0.5, 0.6) is 0 Å². The van der Waals surface area contributed by atoms with Crippen LogP contribution in [0.15, 0.2) is 20.7 Å². The van der Waals surface area contributed by atoms with Crippen LogP contribution in [0.25, 0.3) is 11.0 Å². The van der Waals surface area contributed by atoms with E-state index in [1.54, 1.807) is 13.2 Å². The Morgan fingerprint density at radius 3 is 2.56 bits per heavy atom. The van der Waals surface area contributed by atoms with Gasteiger partial charge in [-0.05, 0) is 25.8 Å². The summed E-state index contributed by atoms with van der Waals surface area (Å²) in [6.07, 6.45) is 3.35. The van der Waals surface area contributed by atoms with Crippen molar-refractivity contribution in [3.8, 4) is 0 Å². The van der Waals surface area contributed by atoms with Gasteiger partial charge in [0.2, 0.25) is 5.91 Å². The van der Waals surface area contributed by atoms with Gasteiger partial charge in [-0.3, -0.25) is 18.7 Å². The Bertz CT molecular complexity index is 915. The van der Waals surface area contributed by atoms with E-state index in [1.807, 2.05) is 20.8 Å². The van der Waals surface area contributed by atoms with Crippen molar-refractivity contribution in [3.63, 3.8) is 0 Å². The summed E-state index contributed by atoms with van der Waals surface area (Å²) in [6.45, 7) is 5.85. The van der Waals surface area contributed by atoms with Gasteiger partial charge in [0.25, 0.3) is 5.56 Å². The fourth-order valence-electron chi connectivity index (χ4n) is 2.66. The molecule has 0 atom stereocenters. The summed E-state index contributed by atoms with van der Waals surface area (Å²) in [5, 5.41) is 3.25. The summed E-state index contributed by atoms with van der Waals surface area (Å²) in [5.41, 5.74) is 0.477. The second-order valence-corrected chi connectivity index (χ2v) is 7.26. The van der Waals surface area contributed by atoms with Crippen molar-refractivity contribution in [2.24, 2.45) is 14.1 Å². The number of hydrogen-bond acceptors (Lipinski definition) is 5. The maximum atomic E-state index is 12.7. The topological polar surface area (TPSA) is 86.0 Å². The fourth-order valence-corrected chi connectivity index (χ4v) is 3.68. The minimum absolute atomic E-state index is 0.0612. The third kappa shape index (κ3) is 3.95. The van der Waals surface area contributed by atoms with Gasteiger partial charge in [-0.25, -0.2) is 9.78 Å². The van der Waals surface area contributed by atoms with Crippen LogP contribution >= 0.6 is 11.8 Å². The summed E-state index contributed by atoms with van der Waals surface area (Å²) in [7, 11) is 3.05. The number of fused-ring (bicyclic) bond motifs is 1. The number of nitrogens with one attached hydrogen (secondary N) is 1. The first-order chi connectivity index (χ1) is 11.8. The molecule has 0 spiro atoms. The lowest BCUT2D eigenvalue weighted by molar-refractivity contribution is -0.119. The van der Waals surface area contributed by atoms with Gasteiger partial charge in [0.05, 0.1) is 11.1 Å². The molecule has 0 aromatic carbocycles. The summed E-state index contributed by atoms with van der Waals surface area (Å²) < 4.78 is 2.45. The van der Waals surface area contributed by atoms with Gasteiger partial charge in [-0.2, -0.15) is 0 Å². The average Bonchev–Trinajstić information content (AvgIpc) is 2.56. The first kappa shape index (κ1) is 19.2. The SMILES string of the molecule is CCCc1cnc2c(c1SCC(=O)NC(C)C)c(=O)n(C)c(=O)n2C. The molecule has 0 saturated carbocycles. The van der Waals surface area contributed by atoms with Crippen molar-refractivity contribution >= 4 is 28.7 Å². The molecular weight excluding hydrogens is 340 g/mol. The van der Waals surface area contributed by atoms with E-state index in [1.165, 1.54) is 23.4 Å². The number of aromatic nitrogens is 3. The Balaban J connectivity index is 2.61. The molecule has 7 nitrogen and oxygen atoms in total. The molecule has 2 heterocycles. The lowest BCUT2D eigenvalue weighted by Crippen LogP contribution is -2.37. The molecule has 25 heavy (non-hydrogen) atoms. The van der Waals surface area contributed by atoms with Gasteiger partial charge >= 0.3 is 5.69 Å². The number of rotatable bonds is 6. The van der Waals surface area contributed by atoms with Crippen LogP contribution in [0.3, 0.4) is 0 Å². The monoisotopic (exact) mass is 364 g/mol. The molecule has 0 aliphatic heterocycles. The molecule has 1 amide bonds. The van der Waals surface area contributed by atoms with E-state index >= 15 is 0 Å². The van der Waals surface area contributed by atoms with E-state index in [4.69, 9.17) is 0 Å². The summed E-state index contributed by atoms with van der Waals surface area (Å²) >= 11 is 1.32. The van der Waals surface area contributed by atoms with E-state index in [0.29, 0.717) is 11.0 Å². The molecule has 0 aliphatic rings. The molecule has 136 valence electrons. The van der Waals surface area contributed by atoms with Crippen molar-refractivity contribution < 1.29 is 4.79 Å². The van der Waals surface area contributed by atoms with E-state index in [9.17, 15) is 14.4 Å². The highest BCUT2D eigenvalue weighted by Crippen LogP contribution is 2.28.